The summed E-state index contributed by atoms with van der Waals surface area (Å²) < 4.78 is 11.5. The molecule has 0 radical (unpaired) electrons. The first-order chi connectivity index (χ1) is 10.1. The highest BCUT2D eigenvalue weighted by Crippen LogP contribution is 2.29. The molecule has 0 bridgehead atoms. The van der Waals surface area contributed by atoms with Crippen molar-refractivity contribution in [3.63, 3.8) is 0 Å². The zero-order valence-electron chi connectivity index (χ0n) is 14.2. The highest BCUT2D eigenvalue weighted by molar-refractivity contribution is 6.60. The Morgan fingerprint density at radius 3 is 2.36 bits per heavy atom. The Hall–Kier alpha value is -1.04. The molecule has 1 fully saturated rings. The van der Waals surface area contributed by atoms with Crippen LogP contribution < -0.4 is 10.2 Å². The fourth-order valence-corrected chi connectivity index (χ4v) is 1.99. The van der Waals surface area contributed by atoms with E-state index in [4.69, 9.17) is 9.39 Å². The minimum Gasteiger partial charge on any atom is -0.493 e. The third-order valence-corrected chi connectivity index (χ3v) is 4.42. The lowest BCUT2D eigenvalue weighted by Crippen LogP contribution is -2.53. The number of hydrogen-bond donors (Lipinski definition) is 2. The zero-order valence-corrected chi connectivity index (χ0v) is 14.2. The lowest BCUT2D eigenvalue weighted by atomic mass is 9.76. The summed E-state index contributed by atoms with van der Waals surface area (Å²) >= 11 is 0. The van der Waals surface area contributed by atoms with Crippen molar-refractivity contribution in [2.45, 2.75) is 58.7 Å². The first-order valence-corrected chi connectivity index (χ1v) is 7.91. The van der Waals surface area contributed by atoms with E-state index >= 15 is 0 Å². The predicted octanol–water partition coefficient (Wildman–Crippen LogP) is 2.04. The standard InChI is InChI=1S/C17H27BO4/c1-12-8-14(10-15(9-12)21-11-13-6-7-13)18(20)22-17(4,5)16(2,3)19/h8-10,13,19-20H,6-7,11H2,1-5H3. The largest absolute Gasteiger partial charge is 0.493 e. The van der Waals surface area contributed by atoms with Gasteiger partial charge in [0.05, 0.1) is 17.8 Å². The molecule has 1 aromatic carbocycles. The maximum absolute atomic E-state index is 10.4. The van der Waals surface area contributed by atoms with Crippen molar-refractivity contribution < 1.29 is 19.5 Å². The summed E-state index contributed by atoms with van der Waals surface area (Å²) in [5, 5.41) is 20.5. The van der Waals surface area contributed by atoms with Crippen LogP contribution in [0.25, 0.3) is 0 Å². The maximum Gasteiger partial charge on any atom is 0.491 e. The van der Waals surface area contributed by atoms with E-state index < -0.39 is 18.3 Å². The molecule has 22 heavy (non-hydrogen) atoms. The molecule has 2 rings (SSSR count). The molecule has 2 N–H and O–H groups in total. The first kappa shape index (κ1) is 17.3. The Morgan fingerprint density at radius 1 is 1.18 bits per heavy atom. The second-order valence-electron chi connectivity index (χ2n) is 7.37. The van der Waals surface area contributed by atoms with Crippen molar-refractivity contribution in [1.29, 1.82) is 0 Å². The van der Waals surface area contributed by atoms with Gasteiger partial charge >= 0.3 is 7.12 Å². The lowest BCUT2D eigenvalue weighted by Gasteiger charge is -2.38. The van der Waals surface area contributed by atoms with Crippen LogP contribution in [0.2, 0.25) is 0 Å². The molecule has 122 valence electrons. The predicted molar refractivity (Wildman–Crippen MR) is 88.5 cm³/mol. The number of hydrogen-bond acceptors (Lipinski definition) is 4. The topological polar surface area (TPSA) is 58.9 Å². The summed E-state index contributed by atoms with van der Waals surface area (Å²) in [5.41, 5.74) is -0.302. The van der Waals surface area contributed by atoms with Crippen LogP contribution >= 0.6 is 0 Å². The minimum atomic E-state index is -1.11. The van der Waals surface area contributed by atoms with Gasteiger partial charge in [-0.3, -0.25) is 0 Å². The molecule has 0 heterocycles. The van der Waals surface area contributed by atoms with Gasteiger partial charge < -0.3 is 19.5 Å². The van der Waals surface area contributed by atoms with Crippen LogP contribution in [-0.4, -0.2) is 35.1 Å². The Balaban J connectivity index is 2.09. The van der Waals surface area contributed by atoms with Gasteiger partial charge in [-0.2, -0.15) is 0 Å². The van der Waals surface area contributed by atoms with E-state index in [0.29, 0.717) is 11.4 Å². The zero-order chi connectivity index (χ0) is 16.5. The molecule has 0 unspecified atom stereocenters. The van der Waals surface area contributed by atoms with E-state index in [2.05, 4.69) is 0 Å². The SMILES string of the molecule is Cc1cc(OCC2CC2)cc(B(O)OC(C)(C)C(C)(C)O)c1. The molecule has 0 saturated heterocycles. The van der Waals surface area contributed by atoms with Gasteiger partial charge in [-0.05, 0) is 76.5 Å². The molecule has 1 aliphatic carbocycles. The van der Waals surface area contributed by atoms with E-state index in [-0.39, 0.29) is 0 Å². The van der Waals surface area contributed by atoms with Gasteiger partial charge in [-0.15, -0.1) is 0 Å². The average molecular weight is 306 g/mol. The summed E-state index contributed by atoms with van der Waals surface area (Å²) in [6, 6.07) is 5.63. The van der Waals surface area contributed by atoms with E-state index in [0.717, 1.165) is 17.9 Å². The van der Waals surface area contributed by atoms with Crippen LogP contribution in [0.3, 0.4) is 0 Å². The molecule has 0 aromatic heterocycles. The summed E-state index contributed by atoms with van der Waals surface area (Å²) in [6.45, 7) is 9.55. The molecular formula is C17H27BO4. The van der Waals surface area contributed by atoms with Crippen LogP contribution in [0.1, 0.15) is 46.1 Å². The third kappa shape index (κ3) is 4.48. The van der Waals surface area contributed by atoms with Gasteiger partial charge in [-0.1, -0.05) is 6.07 Å². The van der Waals surface area contributed by atoms with Crippen LogP contribution in [0.15, 0.2) is 18.2 Å². The molecule has 1 aromatic rings. The third-order valence-electron chi connectivity index (χ3n) is 4.42. The van der Waals surface area contributed by atoms with Crippen molar-refractivity contribution in [2.75, 3.05) is 6.61 Å². The van der Waals surface area contributed by atoms with Gasteiger partial charge in [-0.25, -0.2) is 0 Å². The second kappa shape index (κ2) is 6.22. The van der Waals surface area contributed by atoms with Gasteiger partial charge in [0.1, 0.15) is 5.75 Å². The minimum absolute atomic E-state index is 0.642. The molecule has 4 nitrogen and oxygen atoms in total. The molecule has 1 aliphatic rings. The Morgan fingerprint density at radius 2 is 1.82 bits per heavy atom. The van der Waals surface area contributed by atoms with E-state index in [1.165, 1.54) is 12.8 Å². The highest BCUT2D eigenvalue weighted by atomic mass is 16.5. The number of rotatable bonds is 7. The number of aliphatic hydroxyl groups is 1. The quantitative estimate of drug-likeness (QED) is 0.757. The number of ether oxygens (including phenoxy) is 1. The van der Waals surface area contributed by atoms with Crippen molar-refractivity contribution >= 4 is 12.6 Å². The lowest BCUT2D eigenvalue weighted by molar-refractivity contribution is -0.0982. The normalized spacial score (nSPS) is 15.8. The van der Waals surface area contributed by atoms with Gasteiger partial charge in [0.2, 0.25) is 0 Å². The Kier molecular flexibility index (Phi) is 4.90. The molecule has 0 aliphatic heterocycles. The van der Waals surface area contributed by atoms with Crippen molar-refractivity contribution in [3.8, 4) is 5.75 Å². The van der Waals surface area contributed by atoms with Crippen molar-refractivity contribution in [1.82, 2.24) is 0 Å². The maximum atomic E-state index is 10.4. The van der Waals surface area contributed by atoms with Crippen LogP contribution in [0, 0.1) is 12.8 Å². The Labute approximate surface area is 133 Å². The molecule has 0 spiro atoms. The average Bonchev–Trinajstić information content (AvgIpc) is 3.17. The summed E-state index contributed by atoms with van der Waals surface area (Å²) in [7, 11) is -1.11. The smallest absolute Gasteiger partial charge is 0.491 e. The van der Waals surface area contributed by atoms with Crippen molar-refractivity contribution in [2.24, 2.45) is 5.92 Å². The highest BCUT2D eigenvalue weighted by Gasteiger charge is 2.39. The van der Waals surface area contributed by atoms with Crippen LogP contribution in [0.4, 0.5) is 0 Å². The molecular weight excluding hydrogens is 279 g/mol. The van der Waals surface area contributed by atoms with Gasteiger partial charge in [0.25, 0.3) is 0 Å². The van der Waals surface area contributed by atoms with Crippen LogP contribution in [0.5, 0.6) is 5.75 Å². The number of aryl methyl sites for hydroxylation is 1. The summed E-state index contributed by atoms with van der Waals surface area (Å²) in [5.74, 6) is 1.44. The first-order valence-electron chi connectivity index (χ1n) is 7.91. The van der Waals surface area contributed by atoms with Gasteiger partial charge in [0, 0.05) is 0 Å². The Bertz CT molecular complexity index is 518. The summed E-state index contributed by atoms with van der Waals surface area (Å²) in [6.07, 6.45) is 2.48. The van der Waals surface area contributed by atoms with Crippen molar-refractivity contribution in [3.05, 3.63) is 23.8 Å². The van der Waals surface area contributed by atoms with E-state index in [1.807, 2.05) is 19.1 Å². The molecule has 1 saturated carbocycles. The molecule has 5 heteroatoms. The fraction of sp³-hybridized carbons (Fsp3) is 0.647. The van der Waals surface area contributed by atoms with Crippen LogP contribution in [-0.2, 0) is 4.65 Å². The monoisotopic (exact) mass is 306 g/mol. The summed E-state index contributed by atoms with van der Waals surface area (Å²) in [4.78, 5) is 0. The fourth-order valence-electron chi connectivity index (χ4n) is 1.99. The second-order valence-corrected chi connectivity index (χ2v) is 7.37. The van der Waals surface area contributed by atoms with E-state index in [1.54, 1.807) is 33.8 Å². The number of benzene rings is 1. The van der Waals surface area contributed by atoms with E-state index in [9.17, 15) is 10.1 Å². The molecule has 0 atom stereocenters. The molecule has 0 amide bonds. The van der Waals surface area contributed by atoms with Gasteiger partial charge in [0.15, 0.2) is 0 Å².